The second kappa shape index (κ2) is 9.74. The number of aromatic nitrogens is 1. The van der Waals surface area contributed by atoms with Crippen LogP contribution in [-0.2, 0) is 14.8 Å². The first-order valence-electron chi connectivity index (χ1n) is 10.6. The first kappa shape index (κ1) is 25.1. The third-order valence-corrected chi connectivity index (χ3v) is 8.09. The molecule has 3 rings (SSSR count). The van der Waals surface area contributed by atoms with Crippen molar-refractivity contribution in [2.75, 3.05) is 24.7 Å². The first-order chi connectivity index (χ1) is 15.9. The number of sulfonamides is 1. The Hall–Kier alpha value is -3.56. The van der Waals surface area contributed by atoms with Gasteiger partial charge in [-0.3, -0.25) is 14.6 Å². The van der Waals surface area contributed by atoms with Crippen molar-refractivity contribution < 1.29 is 18.0 Å². The third-order valence-electron chi connectivity index (χ3n) is 5.61. The molecule has 8 nitrogen and oxygen atoms in total. The van der Waals surface area contributed by atoms with Gasteiger partial charge < -0.3 is 10.6 Å². The zero-order chi connectivity index (χ0) is 25.1. The van der Waals surface area contributed by atoms with Crippen LogP contribution in [0.3, 0.4) is 0 Å². The number of hydrogen-bond donors (Lipinski definition) is 2. The second-order valence-corrected chi connectivity index (χ2v) is 11.3. The highest BCUT2D eigenvalue weighted by molar-refractivity contribution is 7.90. The van der Waals surface area contributed by atoms with E-state index in [1.807, 2.05) is 0 Å². The van der Waals surface area contributed by atoms with Gasteiger partial charge in [0, 0.05) is 37.1 Å². The lowest BCUT2D eigenvalue weighted by molar-refractivity contribution is 0.101. The van der Waals surface area contributed by atoms with Crippen molar-refractivity contribution in [1.29, 1.82) is 0 Å². The van der Waals surface area contributed by atoms with Crippen LogP contribution >= 0.6 is 0 Å². The zero-order valence-corrected chi connectivity index (χ0v) is 20.6. The molecule has 0 atom stereocenters. The van der Waals surface area contributed by atoms with Crippen LogP contribution < -0.4 is 10.6 Å². The van der Waals surface area contributed by atoms with Crippen molar-refractivity contribution in [3.63, 3.8) is 0 Å². The number of nitrogens with zero attached hydrogens (tertiary/aromatic N) is 2. The average molecular weight is 481 g/mol. The molecule has 34 heavy (non-hydrogen) atoms. The number of carbonyl (C=O) groups excluding carboxylic acids is 2. The van der Waals surface area contributed by atoms with Crippen molar-refractivity contribution in [1.82, 2.24) is 9.29 Å². The Morgan fingerprint density at radius 2 is 1.62 bits per heavy atom. The van der Waals surface area contributed by atoms with Crippen LogP contribution in [0.5, 0.6) is 0 Å². The van der Waals surface area contributed by atoms with Crippen LogP contribution in [-0.4, -0.2) is 43.6 Å². The Balaban J connectivity index is 1.83. The lowest BCUT2D eigenvalue weighted by Crippen LogP contribution is -2.39. The second-order valence-electron chi connectivity index (χ2n) is 8.56. The SMILES string of the molecule is Cc1ccc(NC(=O)c2cccc(C(C)(C)S(=O)(=O)N(C)C)c2)cc1C(=O)Nc1cccnc1. The van der Waals surface area contributed by atoms with Gasteiger partial charge in [-0.05, 0) is 68.3 Å². The number of anilines is 2. The minimum absolute atomic E-state index is 0.307. The van der Waals surface area contributed by atoms with Gasteiger partial charge in [0.2, 0.25) is 10.0 Å². The highest BCUT2D eigenvalue weighted by Gasteiger charge is 2.38. The summed E-state index contributed by atoms with van der Waals surface area (Å²) < 4.78 is 25.5. The molecule has 0 saturated heterocycles. The largest absolute Gasteiger partial charge is 0.322 e. The molecular weight excluding hydrogens is 452 g/mol. The standard InChI is InChI=1S/C25H28N4O4S/c1-17-11-12-20(15-22(17)24(31)28-21-10-7-13-26-16-21)27-23(30)18-8-6-9-19(14-18)25(2,3)34(32,33)29(4)5/h6-16H,1-5H3,(H,27,30)(H,28,31). The predicted octanol–water partition coefficient (Wildman–Crippen LogP) is 4.02. The van der Waals surface area contributed by atoms with Gasteiger partial charge in [-0.25, -0.2) is 12.7 Å². The van der Waals surface area contributed by atoms with E-state index in [0.29, 0.717) is 28.1 Å². The minimum Gasteiger partial charge on any atom is -0.322 e. The molecule has 2 aromatic carbocycles. The van der Waals surface area contributed by atoms with Gasteiger partial charge in [0.15, 0.2) is 0 Å². The Labute approximate surface area is 200 Å². The molecule has 0 unspecified atom stereocenters. The maximum Gasteiger partial charge on any atom is 0.256 e. The highest BCUT2D eigenvalue weighted by Crippen LogP contribution is 2.32. The lowest BCUT2D eigenvalue weighted by atomic mass is 9.99. The molecule has 0 aliphatic carbocycles. The Bertz CT molecular complexity index is 1320. The molecule has 9 heteroatoms. The Morgan fingerprint density at radius 3 is 2.26 bits per heavy atom. The predicted molar refractivity (Wildman–Crippen MR) is 133 cm³/mol. The summed E-state index contributed by atoms with van der Waals surface area (Å²) in [5.74, 6) is -0.735. The van der Waals surface area contributed by atoms with E-state index < -0.39 is 20.7 Å². The molecule has 178 valence electrons. The number of hydrogen-bond acceptors (Lipinski definition) is 5. The summed E-state index contributed by atoms with van der Waals surface area (Å²) in [4.78, 5) is 29.7. The summed E-state index contributed by atoms with van der Waals surface area (Å²) in [7, 11) is -0.665. The van der Waals surface area contributed by atoms with E-state index in [2.05, 4.69) is 15.6 Å². The summed E-state index contributed by atoms with van der Waals surface area (Å²) in [6.45, 7) is 5.01. The van der Waals surface area contributed by atoms with E-state index >= 15 is 0 Å². The van der Waals surface area contributed by atoms with Gasteiger partial charge in [-0.1, -0.05) is 18.2 Å². The molecule has 0 fully saturated rings. The van der Waals surface area contributed by atoms with Crippen molar-refractivity contribution in [3.8, 4) is 0 Å². The van der Waals surface area contributed by atoms with Crippen LogP contribution in [0.15, 0.2) is 67.0 Å². The maximum absolute atomic E-state index is 13.0. The summed E-state index contributed by atoms with van der Waals surface area (Å²) in [5.41, 5.74) is 2.97. The van der Waals surface area contributed by atoms with Gasteiger partial charge in [-0.2, -0.15) is 0 Å². The van der Waals surface area contributed by atoms with Crippen LogP contribution in [0, 0.1) is 6.92 Å². The van der Waals surface area contributed by atoms with Gasteiger partial charge in [-0.15, -0.1) is 0 Å². The van der Waals surface area contributed by atoms with Crippen molar-refractivity contribution in [3.05, 3.63) is 89.2 Å². The van der Waals surface area contributed by atoms with E-state index in [1.165, 1.54) is 18.4 Å². The Kier molecular flexibility index (Phi) is 7.18. The topological polar surface area (TPSA) is 108 Å². The van der Waals surface area contributed by atoms with E-state index in [4.69, 9.17) is 0 Å². The van der Waals surface area contributed by atoms with E-state index in [-0.39, 0.29) is 5.91 Å². The average Bonchev–Trinajstić information content (AvgIpc) is 2.80. The van der Waals surface area contributed by atoms with Crippen molar-refractivity contribution in [2.24, 2.45) is 0 Å². The molecule has 0 aliphatic rings. The van der Waals surface area contributed by atoms with E-state index in [0.717, 1.165) is 5.56 Å². The zero-order valence-electron chi connectivity index (χ0n) is 19.8. The Morgan fingerprint density at radius 1 is 0.912 bits per heavy atom. The van der Waals surface area contributed by atoms with Crippen LogP contribution in [0.4, 0.5) is 11.4 Å². The van der Waals surface area contributed by atoms with Crippen molar-refractivity contribution >= 4 is 33.2 Å². The molecular formula is C25H28N4O4S. The molecule has 2 N–H and O–H groups in total. The number of pyridine rings is 1. The fraction of sp³-hybridized carbons (Fsp3) is 0.240. The summed E-state index contributed by atoms with van der Waals surface area (Å²) in [6.07, 6.45) is 3.16. The molecule has 0 saturated carbocycles. The highest BCUT2D eigenvalue weighted by atomic mass is 32.2. The summed E-state index contributed by atoms with van der Waals surface area (Å²) in [5, 5.41) is 5.58. The van der Waals surface area contributed by atoms with Gasteiger partial charge in [0.25, 0.3) is 11.8 Å². The molecule has 2 amide bonds. The monoisotopic (exact) mass is 480 g/mol. The van der Waals surface area contributed by atoms with Crippen molar-refractivity contribution in [2.45, 2.75) is 25.5 Å². The number of benzene rings is 2. The van der Waals surface area contributed by atoms with E-state index in [1.54, 1.807) is 87.8 Å². The van der Waals surface area contributed by atoms with Gasteiger partial charge >= 0.3 is 0 Å². The molecule has 0 spiro atoms. The van der Waals surface area contributed by atoms with Gasteiger partial charge in [0.05, 0.1) is 11.9 Å². The minimum atomic E-state index is -3.62. The fourth-order valence-corrected chi connectivity index (χ4v) is 4.76. The van der Waals surface area contributed by atoms with Crippen LogP contribution in [0.25, 0.3) is 0 Å². The molecule has 0 bridgehead atoms. The maximum atomic E-state index is 13.0. The smallest absolute Gasteiger partial charge is 0.256 e. The molecule has 1 aromatic heterocycles. The third kappa shape index (κ3) is 5.16. The fourth-order valence-electron chi connectivity index (χ4n) is 3.42. The van der Waals surface area contributed by atoms with Crippen LogP contribution in [0.1, 0.15) is 45.7 Å². The number of amides is 2. The summed E-state index contributed by atoms with van der Waals surface area (Å²) >= 11 is 0. The quantitative estimate of drug-likeness (QED) is 0.531. The molecule has 1 heterocycles. The molecule has 3 aromatic rings. The number of carbonyl (C=O) groups is 2. The number of nitrogens with one attached hydrogen (secondary N) is 2. The number of rotatable bonds is 7. The molecule has 0 aliphatic heterocycles. The van der Waals surface area contributed by atoms with Crippen LogP contribution in [0.2, 0.25) is 0 Å². The van der Waals surface area contributed by atoms with Gasteiger partial charge in [0.1, 0.15) is 4.75 Å². The molecule has 0 radical (unpaired) electrons. The van der Waals surface area contributed by atoms with E-state index in [9.17, 15) is 18.0 Å². The summed E-state index contributed by atoms with van der Waals surface area (Å²) in [6, 6.07) is 15.0. The number of aryl methyl sites for hydroxylation is 1. The first-order valence-corrected chi connectivity index (χ1v) is 12.0. The lowest BCUT2D eigenvalue weighted by Gasteiger charge is -2.29. The normalized spacial score (nSPS) is 11.8.